The molecule has 1 aromatic rings. The van der Waals surface area contributed by atoms with Gasteiger partial charge < -0.3 is 14.6 Å². The van der Waals surface area contributed by atoms with E-state index in [0.717, 1.165) is 0 Å². The van der Waals surface area contributed by atoms with Crippen LogP contribution >= 0.6 is 0 Å². The number of nitrogens with one attached hydrogen (secondary N) is 1. The molecule has 1 fully saturated rings. The van der Waals surface area contributed by atoms with Crippen molar-refractivity contribution < 1.29 is 27.5 Å². The van der Waals surface area contributed by atoms with Gasteiger partial charge in [0.05, 0.1) is 11.5 Å². The van der Waals surface area contributed by atoms with Crippen LogP contribution in [0.2, 0.25) is 0 Å². The first-order valence-corrected chi connectivity index (χ1v) is 10.3. The van der Waals surface area contributed by atoms with Crippen LogP contribution in [0.1, 0.15) is 52.4 Å². The second kappa shape index (κ2) is 7.61. The smallest absolute Gasteiger partial charge is 0.355 e. The number of sulfone groups is 1. The van der Waals surface area contributed by atoms with E-state index in [-0.39, 0.29) is 29.0 Å². The Hall–Kier alpha value is -2.16. The van der Waals surface area contributed by atoms with E-state index >= 15 is 0 Å². The van der Waals surface area contributed by atoms with E-state index in [1.54, 1.807) is 20.8 Å². The number of aryl methyl sites for hydroxylation is 1. The Morgan fingerprint density at radius 1 is 1.27 bits per heavy atom. The predicted octanol–water partition coefficient (Wildman–Crippen LogP) is 1.03. The number of hydrogen-bond acceptors (Lipinski definition) is 6. The molecule has 8 nitrogen and oxygen atoms in total. The van der Waals surface area contributed by atoms with Crippen LogP contribution in [0.4, 0.5) is 0 Å². The van der Waals surface area contributed by atoms with E-state index < -0.39 is 28.3 Å². The molecule has 1 aliphatic heterocycles. The molecule has 1 N–H and O–H groups in total. The molecule has 1 aromatic heterocycles. The Balaban J connectivity index is 2.03. The molecule has 144 valence electrons. The molecule has 1 amide bonds. The summed E-state index contributed by atoms with van der Waals surface area (Å²) >= 11 is 0. The number of rotatable bonds is 6. The molecule has 0 bridgehead atoms. The zero-order chi connectivity index (χ0) is 19.6. The lowest BCUT2D eigenvalue weighted by Crippen LogP contribution is -2.43. The number of aromatic nitrogens is 1. The first kappa shape index (κ1) is 20.2. The first-order valence-electron chi connectivity index (χ1n) is 8.44. The van der Waals surface area contributed by atoms with Gasteiger partial charge in [-0.25, -0.2) is 13.2 Å². The van der Waals surface area contributed by atoms with Gasteiger partial charge in [0.1, 0.15) is 5.69 Å². The maximum absolute atomic E-state index is 12.4. The monoisotopic (exact) mass is 384 g/mol. The standard InChI is InChI=1S/C17H24N2O6S/c1-5-19(13-6-7-26(23,24)9-13)14(21)8-25-17(22)16-10(2)15(12(4)20)11(3)18-16/h13,18H,5-9H2,1-4H3/t13-/m0/s1. The highest BCUT2D eigenvalue weighted by Crippen LogP contribution is 2.20. The van der Waals surface area contributed by atoms with Gasteiger partial charge in [0.15, 0.2) is 22.2 Å². The maximum Gasteiger partial charge on any atom is 0.355 e. The first-order chi connectivity index (χ1) is 12.1. The fourth-order valence-electron chi connectivity index (χ4n) is 3.42. The molecule has 2 rings (SSSR count). The number of carbonyl (C=O) groups excluding carboxylic acids is 3. The number of carbonyl (C=O) groups is 3. The zero-order valence-electron chi connectivity index (χ0n) is 15.4. The van der Waals surface area contributed by atoms with Gasteiger partial charge in [-0.15, -0.1) is 0 Å². The lowest BCUT2D eigenvalue weighted by Gasteiger charge is -2.26. The Bertz CT molecular complexity index is 840. The minimum absolute atomic E-state index is 0.0581. The molecule has 26 heavy (non-hydrogen) atoms. The molecule has 0 radical (unpaired) electrons. The molecular weight excluding hydrogens is 360 g/mol. The van der Waals surface area contributed by atoms with E-state index in [2.05, 4.69) is 4.98 Å². The number of ether oxygens (including phenoxy) is 1. The average molecular weight is 384 g/mol. The predicted molar refractivity (Wildman–Crippen MR) is 95.0 cm³/mol. The number of ketones is 1. The van der Waals surface area contributed by atoms with Gasteiger partial charge in [-0.1, -0.05) is 0 Å². The third-order valence-corrected chi connectivity index (χ3v) is 6.38. The normalized spacial score (nSPS) is 18.5. The minimum Gasteiger partial charge on any atom is -0.451 e. The van der Waals surface area contributed by atoms with Gasteiger partial charge in [0.2, 0.25) is 0 Å². The molecule has 9 heteroatoms. The number of nitrogens with zero attached hydrogens (tertiary/aromatic N) is 1. The molecule has 0 unspecified atom stereocenters. The molecule has 0 spiro atoms. The summed E-state index contributed by atoms with van der Waals surface area (Å²) in [5, 5.41) is 0. The average Bonchev–Trinajstić information content (AvgIpc) is 3.04. The number of hydrogen-bond donors (Lipinski definition) is 1. The van der Waals surface area contributed by atoms with E-state index in [4.69, 9.17) is 4.74 Å². The van der Waals surface area contributed by atoms with E-state index in [9.17, 15) is 22.8 Å². The van der Waals surface area contributed by atoms with Crippen molar-refractivity contribution in [1.29, 1.82) is 0 Å². The van der Waals surface area contributed by atoms with Crippen molar-refractivity contribution in [3.8, 4) is 0 Å². The van der Waals surface area contributed by atoms with Crippen LogP contribution in [-0.2, 0) is 19.4 Å². The number of amides is 1. The quantitative estimate of drug-likeness (QED) is 0.579. The highest BCUT2D eigenvalue weighted by molar-refractivity contribution is 7.91. The second-order valence-electron chi connectivity index (χ2n) is 6.49. The largest absolute Gasteiger partial charge is 0.451 e. The van der Waals surface area contributed by atoms with Gasteiger partial charge in [-0.3, -0.25) is 9.59 Å². The van der Waals surface area contributed by atoms with Crippen molar-refractivity contribution in [3.63, 3.8) is 0 Å². The molecule has 0 aromatic carbocycles. The third-order valence-electron chi connectivity index (χ3n) is 4.63. The summed E-state index contributed by atoms with van der Waals surface area (Å²) in [7, 11) is -3.11. The molecule has 1 saturated heterocycles. The van der Waals surface area contributed by atoms with Gasteiger partial charge in [0, 0.05) is 23.8 Å². The molecule has 1 atom stereocenters. The maximum atomic E-state index is 12.4. The molecule has 1 aliphatic rings. The van der Waals surface area contributed by atoms with Gasteiger partial charge >= 0.3 is 5.97 Å². The summed E-state index contributed by atoms with van der Waals surface area (Å²) in [6.07, 6.45) is 0.396. The molecule has 0 aliphatic carbocycles. The Morgan fingerprint density at radius 2 is 1.92 bits per heavy atom. The highest BCUT2D eigenvalue weighted by Gasteiger charge is 2.34. The van der Waals surface area contributed by atoms with Crippen molar-refractivity contribution in [2.75, 3.05) is 24.7 Å². The summed E-state index contributed by atoms with van der Waals surface area (Å²) in [5.74, 6) is -1.31. The van der Waals surface area contributed by atoms with Crippen LogP contribution in [0.25, 0.3) is 0 Å². The fraction of sp³-hybridized carbons (Fsp3) is 0.588. The van der Waals surface area contributed by atoms with E-state index in [1.165, 1.54) is 11.8 Å². The summed E-state index contributed by atoms with van der Waals surface area (Å²) in [4.78, 5) is 40.5. The molecule has 2 heterocycles. The van der Waals surface area contributed by atoms with Crippen molar-refractivity contribution in [2.24, 2.45) is 0 Å². The Kier molecular flexibility index (Phi) is 5.90. The number of likely N-dealkylation sites (N-methyl/N-ethyl adjacent to an activating group) is 1. The van der Waals surface area contributed by atoms with E-state index in [1.807, 2.05) is 0 Å². The summed E-state index contributed by atoms with van der Waals surface area (Å²) in [6, 6.07) is -0.380. The van der Waals surface area contributed by atoms with Crippen LogP contribution < -0.4 is 0 Å². The van der Waals surface area contributed by atoms with Crippen molar-refractivity contribution in [3.05, 3.63) is 22.5 Å². The summed E-state index contributed by atoms with van der Waals surface area (Å²) in [6.45, 7) is 6.35. The van der Waals surface area contributed by atoms with Crippen LogP contribution in [-0.4, -0.2) is 66.7 Å². The number of Topliss-reactive ketones (excluding diaryl/α,β-unsaturated/α-hetero) is 1. The van der Waals surface area contributed by atoms with E-state index in [0.29, 0.717) is 29.8 Å². The lowest BCUT2D eigenvalue weighted by atomic mass is 10.1. The second-order valence-corrected chi connectivity index (χ2v) is 8.72. The number of H-pyrrole nitrogens is 1. The zero-order valence-corrected chi connectivity index (χ0v) is 16.2. The Labute approximate surface area is 152 Å². The molecule has 0 saturated carbocycles. The van der Waals surface area contributed by atoms with Gasteiger partial charge in [0.25, 0.3) is 5.91 Å². The lowest BCUT2D eigenvalue weighted by molar-refractivity contribution is -0.136. The van der Waals surface area contributed by atoms with Crippen molar-refractivity contribution >= 4 is 27.5 Å². The van der Waals surface area contributed by atoms with Crippen molar-refractivity contribution in [1.82, 2.24) is 9.88 Å². The van der Waals surface area contributed by atoms with Gasteiger partial charge in [-0.05, 0) is 39.7 Å². The number of aromatic amines is 1. The minimum atomic E-state index is -3.11. The fourth-order valence-corrected chi connectivity index (χ4v) is 5.15. The topological polar surface area (TPSA) is 114 Å². The van der Waals surface area contributed by atoms with Crippen LogP contribution in [0.15, 0.2) is 0 Å². The molecular formula is C17H24N2O6S. The van der Waals surface area contributed by atoms with Crippen LogP contribution in [0, 0.1) is 13.8 Å². The number of esters is 1. The summed E-state index contributed by atoms with van der Waals surface area (Å²) in [5.41, 5.74) is 1.64. The third kappa shape index (κ3) is 4.14. The highest BCUT2D eigenvalue weighted by atomic mass is 32.2. The summed E-state index contributed by atoms with van der Waals surface area (Å²) < 4.78 is 28.3. The van der Waals surface area contributed by atoms with Crippen LogP contribution in [0.3, 0.4) is 0 Å². The van der Waals surface area contributed by atoms with Gasteiger partial charge in [-0.2, -0.15) is 0 Å². The Morgan fingerprint density at radius 3 is 2.38 bits per heavy atom. The van der Waals surface area contributed by atoms with Crippen LogP contribution in [0.5, 0.6) is 0 Å². The SMILES string of the molecule is CCN(C(=O)COC(=O)c1[nH]c(C)c(C(C)=O)c1C)[C@H]1CCS(=O)(=O)C1. The van der Waals surface area contributed by atoms with Crippen molar-refractivity contribution in [2.45, 2.75) is 40.2 Å².